The zero-order chi connectivity index (χ0) is 14.5. The summed E-state index contributed by atoms with van der Waals surface area (Å²) in [5.74, 6) is -1.32. The lowest BCUT2D eigenvalue weighted by atomic mass is 10.1. The van der Waals surface area contributed by atoms with E-state index in [4.69, 9.17) is 5.73 Å². The van der Waals surface area contributed by atoms with Crippen molar-refractivity contribution in [2.45, 2.75) is 19.7 Å². The second kappa shape index (κ2) is 6.42. The van der Waals surface area contributed by atoms with E-state index in [1.807, 2.05) is 0 Å². The molecule has 1 unspecified atom stereocenters. The SMILES string of the molecule is CCC(CN)C(=O)Nc1ccccc1OC(F)(F)F. The topological polar surface area (TPSA) is 64.4 Å². The van der Waals surface area contributed by atoms with E-state index < -0.39 is 23.9 Å². The minimum absolute atomic E-state index is 0.0308. The molecular formula is C12H15F3N2O2. The number of nitrogens with two attached hydrogens (primary N) is 1. The molecule has 0 radical (unpaired) electrons. The van der Waals surface area contributed by atoms with E-state index in [0.29, 0.717) is 6.42 Å². The molecule has 7 heteroatoms. The van der Waals surface area contributed by atoms with Crippen molar-refractivity contribution in [1.29, 1.82) is 0 Å². The fourth-order valence-electron chi connectivity index (χ4n) is 1.48. The molecule has 0 aliphatic carbocycles. The highest BCUT2D eigenvalue weighted by atomic mass is 19.4. The van der Waals surface area contributed by atoms with Crippen molar-refractivity contribution < 1.29 is 22.7 Å². The van der Waals surface area contributed by atoms with Gasteiger partial charge in [0, 0.05) is 6.54 Å². The summed E-state index contributed by atoms with van der Waals surface area (Å²) < 4.78 is 40.4. The molecular weight excluding hydrogens is 261 g/mol. The van der Waals surface area contributed by atoms with E-state index in [9.17, 15) is 18.0 Å². The molecule has 0 aromatic heterocycles. The first kappa shape index (κ1) is 15.3. The van der Waals surface area contributed by atoms with Crippen LogP contribution in [0.2, 0.25) is 0 Å². The Morgan fingerprint density at radius 2 is 2.05 bits per heavy atom. The van der Waals surface area contributed by atoms with Crippen LogP contribution in [0.1, 0.15) is 13.3 Å². The summed E-state index contributed by atoms with van der Waals surface area (Å²) in [4.78, 5) is 11.8. The molecule has 0 heterocycles. The lowest BCUT2D eigenvalue weighted by Gasteiger charge is -2.16. The molecule has 0 spiro atoms. The zero-order valence-corrected chi connectivity index (χ0v) is 10.3. The molecule has 0 saturated carbocycles. The van der Waals surface area contributed by atoms with Gasteiger partial charge in [0.25, 0.3) is 0 Å². The Balaban J connectivity index is 2.86. The normalized spacial score (nSPS) is 12.9. The predicted molar refractivity (Wildman–Crippen MR) is 64.6 cm³/mol. The molecule has 1 rings (SSSR count). The lowest BCUT2D eigenvalue weighted by Crippen LogP contribution is -2.29. The minimum Gasteiger partial charge on any atom is -0.404 e. The highest BCUT2D eigenvalue weighted by Gasteiger charge is 2.32. The van der Waals surface area contributed by atoms with Gasteiger partial charge in [-0.2, -0.15) is 0 Å². The largest absolute Gasteiger partial charge is 0.573 e. The molecule has 1 amide bonds. The van der Waals surface area contributed by atoms with Crippen LogP contribution in [0.5, 0.6) is 5.75 Å². The number of anilines is 1. The first-order chi connectivity index (χ1) is 8.87. The summed E-state index contributed by atoms with van der Waals surface area (Å²) in [6.45, 7) is 1.90. The van der Waals surface area contributed by atoms with Gasteiger partial charge in [0.15, 0.2) is 5.75 Å². The summed E-state index contributed by atoms with van der Waals surface area (Å²) in [5, 5.41) is 2.39. The van der Waals surface area contributed by atoms with Crippen LogP contribution < -0.4 is 15.8 Å². The van der Waals surface area contributed by atoms with Crippen molar-refractivity contribution in [3.63, 3.8) is 0 Å². The first-order valence-electron chi connectivity index (χ1n) is 5.73. The van der Waals surface area contributed by atoms with Crippen molar-refractivity contribution in [2.24, 2.45) is 11.7 Å². The van der Waals surface area contributed by atoms with Crippen LogP contribution in [0.3, 0.4) is 0 Å². The van der Waals surface area contributed by atoms with Gasteiger partial charge >= 0.3 is 6.36 Å². The van der Waals surface area contributed by atoms with Crippen LogP contribution in [0.4, 0.5) is 18.9 Å². The number of para-hydroxylation sites is 2. The number of hydrogen-bond acceptors (Lipinski definition) is 3. The first-order valence-corrected chi connectivity index (χ1v) is 5.73. The monoisotopic (exact) mass is 276 g/mol. The second-order valence-electron chi connectivity index (χ2n) is 3.87. The number of alkyl halides is 3. The van der Waals surface area contributed by atoms with Gasteiger partial charge in [0.2, 0.25) is 5.91 Å². The van der Waals surface area contributed by atoms with E-state index >= 15 is 0 Å². The van der Waals surface area contributed by atoms with E-state index in [1.54, 1.807) is 6.92 Å². The Morgan fingerprint density at radius 1 is 1.42 bits per heavy atom. The van der Waals surface area contributed by atoms with Gasteiger partial charge < -0.3 is 15.8 Å². The molecule has 3 N–H and O–H groups in total. The minimum atomic E-state index is -4.81. The van der Waals surface area contributed by atoms with E-state index in [0.717, 1.165) is 6.07 Å². The number of carbonyl (C=O) groups is 1. The van der Waals surface area contributed by atoms with Crippen molar-refractivity contribution in [1.82, 2.24) is 0 Å². The molecule has 106 valence electrons. The number of ether oxygens (including phenoxy) is 1. The summed E-state index contributed by atoms with van der Waals surface area (Å²) in [7, 11) is 0. The smallest absolute Gasteiger partial charge is 0.404 e. The Morgan fingerprint density at radius 3 is 2.58 bits per heavy atom. The third kappa shape index (κ3) is 4.78. The molecule has 1 aromatic rings. The number of carbonyl (C=O) groups excluding carboxylic acids is 1. The van der Waals surface area contributed by atoms with Gasteiger partial charge in [-0.15, -0.1) is 13.2 Å². The van der Waals surface area contributed by atoms with Gasteiger partial charge in [-0.3, -0.25) is 4.79 Å². The van der Waals surface area contributed by atoms with Crippen molar-refractivity contribution in [3.05, 3.63) is 24.3 Å². The van der Waals surface area contributed by atoms with E-state index in [1.165, 1.54) is 18.2 Å². The second-order valence-corrected chi connectivity index (χ2v) is 3.87. The van der Waals surface area contributed by atoms with Crippen molar-refractivity contribution in [3.8, 4) is 5.75 Å². The van der Waals surface area contributed by atoms with Gasteiger partial charge in [-0.1, -0.05) is 19.1 Å². The van der Waals surface area contributed by atoms with Gasteiger partial charge in [-0.25, -0.2) is 0 Å². The maximum absolute atomic E-state index is 12.2. The van der Waals surface area contributed by atoms with E-state index in [2.05, 4.69) is 10.1 Å². The quantitative estimate of drug-likeness (QED) is 0.868. The molecule has 4 nitrogen and oxygen atoms in total. The molecule has 1 atom stereocenters. The fraction of sp³-hybridized carbons (Fsp3) is 0.417. The maximum atomic E-state index is 12.2. The average molecular weight is 276 g/mol. The highest BCUT2D eigenvalue weighted by Crippen LogP contribution is 2.30. The molecule has 0 aliphatic rings. The number of amides is 1. The van der Waals surface area contributed by atoms with Gasteiger partial charge in [0.05, 0.1) is 11.6 Å². The summed E-state index contributed by atoms with van der Waals surface area (Å²) >= 11 is 0. The number of hydrogen-bond donors (Lipinski definition) is 2. The summed E-state index contributed by atoms with van der Waals surface area (Å²) in [6.07, 6.45) is -4.30. The van der Waals surface area contributed by atoms with Crippen LogP contribution in [0.15, 0.2) is 24.3 Å². The maximum Gasteiger partial charge on any atom is 0.573 e. The highest BCUT2D eigenvalue weighted by molar-refractivity contribution is 5.94. The zero-order valence-electron chi connectivity index (χ0n) is 10.3. The van der Waals surface area contributed by atoms with Gasteiger partial charge in [-0.05, 0) is 18.6 Å². The van der Waals surface area contributed by atoms with Crippen LogP contribution >= 0.6 is 0 Å². The molecule has 1 aromatic carbocycles. The Kier molecular flexibility index (Phi) is 5.17. The predicted octanol–water partition coefficient (Wildman–Crippen LogP) is 2.51. The molecule has 0 fully saturated rings. The summed E-state index contributed by atoms with van der Waals surface area (Å²) in [5.41, 5.74) is 5.37. The van der Waals surface area contributed by atoms with Crippen LogP contribution in [0.25, 0.3) is 0 Å². The van der Waals surface area contributed by atoms with Gasteiger partial charge in [0.1, 0.15) is 0 Å². The number of benzene rings is 1. The van der Waals surface area contributed by atoms with Crippen molar-refractivity contribution >= 4 is 11.6 Å². The standard InChI is InChI=1S/C12H15F3N2O2/c1-2-8(7-16)11(18)17-9-5-3-4-6-10(9)19-12(13,14)15/h3-6,8H,2,7,16H2,1H3,(H,17,18). The number of nitrogens with one attached hydrogen (secondary N) is 1. The van der Waals surface area contributed by atoms with E-state index in [-0.39, 0.29) is 12.2 Å². The fourth-order valence-corrected chi connectivity index (χ4v) is 1.48. The Bertz CT molecular complexity index is 431. The third-order valence-corrected chi connectivity index (χ3v) is 2.52. The number of halogens is 3. The Labute approximate surface area is 108 Å². The van der Waals surface area contributed by atoms with Crippen molar-refractivity contribution in [2.75, 3.05) is 11.9 Å². The van der Waals surface area contributed by atoms with Crippen LogP contribution in [0, 0.1) is 5.92 Å². The summed E-state index contributed by atoms with van der Waals surface area (Å²) in [6, 6.07) is 5.36. The van der Waals surface area contributed by atoms with Crippen LogP contribution in [-0.2, 0) is 4.79 Å². The molecule has 0 aliphatic heterocycles. The molecule has 19 heavy (non-hydrogen) atoms. The molecule has 0 saturated heterocycles. The van der Waals surface area contributed by atoms with Crippen LogP contribution in [-0.4, -0.2) is 18.8 Å². The average Bonchev–Trinajstić information content (AvgIpc) is 2.31. The Hall–Kier alpha value is -1.76. The number of rotatable bonds is 5. The molecule has 0 bridgehead atoms. The lowest BCUT2D eigenvalue weighted by molar-refractivity contribution is -0.274. The third-order valence-electron chi connectivity index (χ3n) is 2.52.